The number of aromatic nitrogens is 1. The van der Waals surface area contributed by atoms with Gasteiger partial charge in [0.2, 0.25) is 0 Å². The Kier molecular flexibility index (Phi) is 6.02. The van der Waals surface area contributed by atoms with Crippen molar-refractivity contribution in [2.24, 2.45) is 0 Å². The van der Waals surface area contributed by atoms with Gasteiger partial charge in [-0.1, -0.05) is 18.2 Å². The van der Waals surface area contributed by atoms with Gasteiger partial charge in [0, 0.05) is 36.5 Å². The van der Waals surface area contributed by atoms with E-state index in [4.69, 9.17) is 0 Å². The van der Waals surface area contributed by atoms with E-state index in [1.807, 2.05) is 49.9 Å². The molecule has 156 valence electrons. The van der Waals surface area contributed by atoms with E-state index in [1.54, 1.807) is 10.6 Å². The van der Waals surface area contributed by atoms with Gasteiger partial charge in [0.15, 0.2) is 0 Å². The van der Waals surface area contributed by atoms with Crippen LogP contribution < -0.4 is 10.9 Å². The van der Waals surface area contributed by atoms with Crippen LogP contribution in [0.15, 0.2) is 35.1 Å². The Bertz CT molecular complexity index is 941. The number of hydrogen-bond acceptors (Lipinski definition) is 4. The standard InChI is InChI=1S/C23H31N3O2S/c1-15(2)26-21-7-5-4-6-16(21)12-20(23(26)28)22(27)24-17-13-18-8-9-19(14-17)25(18)10-11-29-3/h4-7,12,15,17-19H,8-11,13-14H2,1-3H3,(H,24,27). The predicted molar refractivity (Wildman–Crippen MR) is 121 cm³/mol. The third kappa shape index (κ3) is 3.97. The number of rotatable bonds is 6. The molecule has 1 aromatic heterocycles. The fourth-order valence-electron chi connectivity index (χ4n) is 5.18. The van der Waals surface area contributed by atoms with Crippen LogP contribution >= 0.6 is 11.8 Å². The molecule has 0 radical (unpaired) electrons. The molecule has 1 aromatic carbocycles. The molecule has 0 saturated carbocycles. The lowest BCUT2D eigenvalue weighted by Gasteiger charge is -2.39. The number of piperidine rings is 1. The summed E-state index contributed by atoms with van der Waals surface area (Å²) in [6, 6.07) is 10.8. The van der Waals surface area contributed by atoms with Crippen LogP contribution in [0.5, 0.6) is 0 Å². The molecule has 2 unspecified atom stereocenters. The van der Waals surface area contributed by atoms with Gasteiger partial charge in [-0.25, -0.2) is 0 Å². The molecule has 2 aliphatic rings. The molecule has 2 saturated heterocycles. The van der Waals surface area contributed by atoms with Crippen LogP contribution in [0.3, 0.4) is 0 Å². The van der Waals surface area contributed by atoms with E-state index in [0.29, 0.717) is 12.1 Å². The molecule has 2 aromatic rings. The number of nitrogens with zero attached hydrogens (tertiary/aromatic N) is 2. The molecule has 29 heavy (non-hydrogen) atoms. The van der Waals surface area contributed by atoms with Crippen LogP contribution in [-0.4, -0.2) is 52.1 Å². The molecular weight excluding hydrogens is 382 g/mol. The lowest BCUT2D eigenvalue weighted by Crippen LogP contribution is -2.51. The number of amides is 1. The minimum Gasteiger partial charge on any atom is -0.349 e. The summed E-state index contributed by atoms with van der Waals surface area (Å²) in [6.45, 7) is 5.11. The highest BCUT2D eigenvalue weighted by Gasteiger charge is 2.40. The fraction of sp³-hybridized carbons (Fsp3) is 0.565. The Balaban J connectivity index is 1.55. The van der Waals surface area contributed by atoms with Crippen molar-refractivity contribution in [2.45, 2.75) is 63.7 Å². The number of pyridine rings is 1. The number of para-hydroxylation sites is 1. The fourth-order valence-corrected chi connectivity index (χ4v) is 5.57. The van der Waals surface area contributed by atoms with Crippen LogP contribution in [0.2, 0.25) is 0 Å². The van der Waals surface area contributed by atoms with Crippen molar-refractivity contribution >= 4 is 28.6 Å². The third-order valence-corrected chi connectivity index (χ3v) is 7.07. The zero-order valence-corrected chi connectivity index (χ0v) is 18.4. The van der Waals surface area contributed by atoms with E-state index in [-0.39, 0.29) is 29.1 Å². The van der Waals surface area contributed by atoms with Gasteiger partial charge in [-0.15, -0.1) is 0 Å². The van der Waals surface area contributed by atoms with Crippen molar-refractivity contribution in [3.63, 3.8) is 0 Å². The Morgan fingerprint density at radius 3 is 2.55 bits per heavy atom. The normalized spacial score (nSPS) is 24.3. The molecular formula is C23H31N3O2S. The Hall–Kier alpha value is -1.79. The van der Waals surface area contributed by atoms with E-state index in [1.165, 1.54) is 12.8 Å². The third-order valence-electron chi connectivity index (χ3n) is 6.48. The number of nitrogens with one attached hydrogen (secondary N) is 1. The summed E-state index contributed by atoms with van der Waals surface area (Å²) >= 11 is 1.89. The quantitative estimate of drug-likeness (QED) is 0.785. The largest absolute Gasteiger partial charge is 0.349 e. The van der Waals surface area contributed by atoms with Crippen molar-refractivity contribution in [1.29, 1.82) is 0 Å². The molecule has 0 aliphatic carbocycles. The summed E-state index contributed by atoms with van der Waals surface area (Å²) in [4.78, 5) is 28.8. The van der Waals surface area contributed by atoms with E-state index >= 15 is 0 Å². The molecule has 2 fully saturated rings. The monoisotopic (exact) mass is 413 g/mol. The number of thioether (sulfide) groups is 1. The van der Waals surface area contributed by atoms with Crippen molar-refractivity contribution < 1.29 is 4.79 Å². The maximum absolute atomic E-state index is 13.1. The summed E-state index contributed by atoms with van der Waals surface area (Å²) in [5.41, 5.74) is 0.940. The highest BCUT2D eigenvalue weighted by Crippen LogP contribution is 2.35. The van der Waals surface area contributed by atoms with Gasteiger partial charge in [-0.05, 0) is 63.3 Å². The number of carbonyl (C=O) groups is 1. The molecule has 1 N–H and O–H groups in total. The first-order valence-electron chi connectivity index (χ1n) is 10.7. The summed E-state index contributed by atoms with van der Waals surface area (Å²) in [7, 11) is 0. The van der Waals surface area contributed by atoms with E-state index in [9.17, 15) is 9.59 Å². The van der Waals surface area contributed by atoms with Gasteiger partial charge in [0.25, 0.3) is 11.5 Å². The summed E-state index contributed by atoms with van der Waals surface area (Å²) in [5.74, 6) is 0.938. The average molecular weight is 414 g/mol. The molecule has 0 spiro atoms. The number of hydrogen-bond donors (Lipinski definition) is 1. The zero-order valence-electron chi connectivity index (χ0n) is 17.6. The number of fused-ring (bicyclic) bond motifs is 3. The van der Waals surface area contributed by atoms with Gasteiger partial charge in [0.05, 0.1) is 5.52 Å². The van der Waals surface area contributed by atoms with Gasteiger partial charge in [0.1, 0.15) is 5.56 Å². The molecule has 2 atom stereocenters. The molecule has 1 amide bonds. The summed E-state index contributed by atoms with van der Waals surface area (Å²) in [5, 5.41) is 4.13. The van der Waals surface area contributed by atoms with E-state index in [0.717, 1.165) is 36.0 Å². The Morgan fingerprint density at radius 2 is 1.90 bits per heavy atom. The SMILES string of the molecule is CSCCN1C2CCC1CC(NC(=O)c1cc3ccccc3n(C(C)C)c1=O)C2. The molecule has 6 heteroatoms. The first kappa shape index (κ1) is 20.5. The first-order chi connectivity index (χ1) is 14.0. The Labute approximate surface area is 176 Å². The topological polar surface area (TPSA) is 54.3 Å². The maximum Gasteiger partial charge on any atom is 0.264 e. The van der Waals surface area contributed by atoms with Crippen LogP contribution in [0.4, 0.5) is 0 Å². The Morgan fingerprint density at radius 1 is 1.21 bits per heavy atom. The first-order valence-corrected chi connectivity index (χ1v) is 12.1. The van der Waals surface area contributed by atoms with Gasteiger partial charge in [-0.2, -0.15) is 11.8 Å². The predicted octanol–water partition coefficient (Wildman–Crippen LogP) is 3.67. The van der Waals surface area contributed by atoms with Crippen molar-refractivity contribution in [1.82, 2.24) is 14.8 Å². The molecule has 2 bridgehead atoms. The van der Waals surface area contributed by atoms with Crippen molar-refractivity contribution in [3.8, 4) is 0 Å². The molecule has 2 aliphatic heterocycles. The van der Waals surface area contributed by atoms with Crippen molar-refractivity contribution in [3.05, 3.63) is 46.2 Å². The maximum atomic E-state index is 13.1. The van der Waals surface area contributed by atoms with Gasteiger partial charge < -0.3 is 9.88 Å². The minimum absolute atomic E-state index is 0.00401. The van der Waals surface area contributed by atoms with Crippen molar-refractivity contribution in [2.75, 3.05) is 18.6 Å². The highest BCUT2D eigenvalue weighted by atomic mass is 32.2. The summed E-state index contributed by atoms with van der Waals surface area (Å²) in [6.07, 6.45) is 6.58. The molecule has 4 rings (SSSR count). The van der Waals surface area contributed by atoms with E-state index < -0.39 is 0 Å². The van der Waals surface area contributed by atoms with Crippen LogP contribution in [0.25, 0.3) is 10.9 Å². The average Bonchev–Trinajstić information content (AvgIpc) is 2.93. The molecule has 3 heterocycles. The second kappa shape index (κ2) is 8.52. The minimum atomic E-state index is -0.225. The van der Waals surface area contributed by atoms with Crippen LogP contribution in [-0.2, 0) is 0 Å². The highest BCUT2D eigenvalue weighted by molar-refractivity contribution is 7.98. The number of carbonyl (C=O) groups excluding carboxylic acids is 1. The molecule has 5 nitrogen and oxygen atoms in total. The number of benzene rings is 1. The van der Waals surface area contributed by atoms with Crippen LogP contribution in [0.1, 0.15) is 55.9 Å². The van der Waals surface area contributed by atoms with Crippen LogP contribution in [0, 0.1) is 0 Å². The zero-order chi connectivity index (χ0) is 20.5. The second-order valence-electron chi connectivity index (χ2n) is 8.64. The summed E-state index contributed by atoms with van der Waals surface area (Å²) < 4.78 is 1.74. The smallest absolute Gasteiger partial charge is 0.264 e. The second-order valence-corrected chi connectivity index (χ2v) is 9.63. The van der Waals surface area contributed by atoms with Gasteiger partial charge in [-0.3, -0.25) is 14.5 Å². The van der Waals surface area contributed by atoms with Gasteiger partial charge >= 0.3 is 0 Å². The lowest BCUT2D eigenvalue weighted by atomic mass is 9.97. The lowest BCUT2D eigenvalue weighted by molar-refractivity contribution is 0.0856. The van der Waals surface area contributed by atoms with E-state index in [2.05, 4.69) is 16.5 Å².